The Balaban J connectivity index is 1.58. The fourth-order valence-corrected chi connectivity index (χ4v) is 3.67. The van der Waals surface area contributed by atoms with Crippen LogP contribution in [-0.4, -0.2) is 34.1 Å². The molecule has 3 rings (SSSR count). The molecule has 1 amide bonds. The molecule has 2 aromatic rings. The van der Waals surface area contributed by atoms with Crippen LogP contribution < -0.4 is 11.1 Å². The Kier molecular flexibility index (Phi) is 6.91. The first-order valence-corrected chi connectivity index (χ1v) is 10.0. The molecule has 1 aliphatic rings. The Hall–Kier alpha value is -2.68. The number of nitrogens with two attached hydrogens (primary N) is 1. The highest BCUT2D eigenvalue weighted by atomic mass is 19.4. The normalized spacial score (nSPS) is 19.5. The summed E-state index contributed by atoms with van der Waals surface area (Å²) in [7, 11) is 0. The van der Waals surface area contributed by atoms with Gasteiger partial charge in [-0.1, -0.05) is 18.2 Å². The molecule has 3 N–H and O–H groups in total. The molecule has 30 heavy (non-hydrogen) atoms. The van der Waals surface area contributed by atoms with E-state index in [1.165, 1.54) is 0 Å². The van der Waals surface area contributed by atoms with Gasteiger partial charge in [0, 0.05) is 31.1 Å². The lowest BCUT2D eigenvalue weighted by Crippen LogP contribution is -2.30. The minimum atomic E-state index is -4.76. The summed E-state index contributed by atoms with van der Waals surface area (Å²) in [5.41, 5.74) is 4.48. The van der Waals surface area contributed by atoms with Gasteiger partial charge in [-0.15, -0.1) is 0 Å². The van der Waals surface area contributed by atoms with E-state index in [1.807, 2.05) is 0 Å². The fraction of sp³-hybridized carbons (Fsp3) is 0.476. The van der Waals surface area contributed by atoms with Crippen molar-refractivity contribution in [3.05, 3.63) is 47.8 Å². The number of hydrogen-bond donors (Lipinski definition) is 2. The third-order valence-electron chi connectivity index (χ3n) is 5.36. The number of aromatic nitrogens is 2. The van der Waals surface area contributed by atoms with Gasteiger partial charge in [0.25, 0.3) is 5.91 Å². The number of ketones is 1. The maximum atomic E-state index is 13.4. The number of rotatable bonds is 7. The maximum Gasteiger partial charge on any atom is 0.435 e. The Bertz CT molecular complexity index is 872. The van der Waals surface area contributed by atoms with Gasteiger partial charge < -0.3 is 11.1 Å². The van der Waals surface area contributed by atoms with Gasteiger partial charge in [-0.2, -0.15) is 18.3 Å². The summed E-state index contributed by atoms with van der Waals surface area (Å²) < 4.78 is 41.1. The van der Waals surface area contributed by atoms with Crippen LogP contribution in [0.15, 0.2) is 36.5 Å². The van der Waals surface area contributed by atoms with E-state index < -0.39 is 23.3 Å². The van der Waals surface area contributed by atoms with Gasteiger partial charge in [-0.25, -0.2) is 4.68 Å². The molecule has 0 bridgehead atoms. The van der Waals surface area contributed by atoms with E-state index in [-0.39, 0.29) is 30.7 Å². The molecular formula is C21H25F3N4O2. The Morgan fingerprint density at radius 2 is 1.80 bits per heavy atom. The van der Waals surface area contributed by atoms with Crippen LogP contribution in [0.5, 0.6) is 0 Å². The van der Waals surface area contributed by atoms with Crippen molar-refractivity contribution in [2.24, 2.45) is 11.7 Å². The molecule has 1 fully saturated rings. The molecule has 1 heterocycles. The molecule has 1 saturated carbocycles. The van der Waals surface area contributed by atoms with Gasteiger partial charge in [-0.05, 0) is 44.2 Å². The quantitative estimate of drug-likeness (QED) is 0.669. The molecule has 0 radical (unpaired) electrons. The molecule has 0 unspecified atom stereocenters. The number of hydrogen-bond acceptors (Lipinski definition) is 4. The smallest absolute Gasteiger partial charge is 0.352 e. The first kappa shape index (κ1) is 22.0. The van der Waals surface area contributed by atoms with Crippen LogP contribution >= 0.6 is 0 Å². The van der Waals surface area contributed by atoms with Crippen LogP contribution in [0.1, 0.15) is 54.6 Å². The van der Waals surface area contributed by atoms with E-state index in [0.29, 0.717) is 12.1 Å². The number of nitrogens with zero attached hydrogens (tertiary/aromatic N) is 2. The number of amides is 1. The van der Waals surface area contributed by atoms with Gasteiger partial charge in [-0.3, -0.25) is 9.59 Å². The minimum absolute atomic E-state index is 0.00133. The predicted molar refractivity (Wildman–Crippen MR) is 105 cm³/mol. The topological polar surface area (TPSA) is 90.0 Å². The summed E-state index contributed by atoms with van der Waals surface area (Å²) in [6.45, 7) is 0.116. The lowest BCUT2D eigenvalue weighted by Gasteiger charge is -2.24. The van der Waals surface area contributed by atoms with E-state index in [9.17, 15) is 22.8 Å². The predicted octanol–water partition coefficient (Wildman–Crippen LogP) is 3.49. The van der Waals surface area contributed by atoms with E-state index >= 15 is 0 Å². The maximum absolute atomic E-state index is 13.4. The lowest BCUT2D eigenvalue weighted by atomic mass is 9.83. The standard InChI is InChI=1S/C21H25F3N4O2/c22-21(23,24)19-17(13-28(27-19)16-5-2-1-3-6-16)20(30)26-12-4-7-18(29)14-8-10-15(25)11-9-14/h1-3,5-6,13-15H,4,7-12,25H2,(H,26,30). The van der Waals surface area contributed by atoms with Gasteiger partial charge in [0.1, 0.15) is 5.78 Å². The number of carbonyl (C=O) groups excluding carboxylic acids is 2. The van der Waals surface area contributed by atoms with Crippen molar-refractivity contribution in [1.82, 2.24) is 15.1 Å². The van der Waals surface area contributed by atoms with E-state index in [0.717, 1.165) is 36.6 Å². The van der Waals surface area contributed by atoms with Gasteiger partial charge >= 0.3 is 6.18 Å². The molecule has 1 aromatic carbocycles. The van der Waals surface area contributed by atoms with Gasteiger partial charge in [0.2, 0.25) is 0 Å². The van der Waals surface area contributed by atoms with Crippen molar-refractivity contribution in [2.45, 2.75) is 50.7 Å². The van der Waals surface area contributed by atoms with Crippen LogP contribution in [0.3, 0.4) is 0 Å². The molecule has 6 nitrogen and oxygen atoms in total. The monoisotopic (exact) mass is 422 g/mol. The highest BCUT2D eigenvalue weighted by Gasteiger charge is 2.39. The van der Waals surface area contributed by atoms with E-state index in [1.54, 1.807) is 30.3 Å². The number of nitrogens with one attached hydrogen (secondary N) is 1. The summed E-state index contributed by atoms with van der Waals surface area (Å²) >= 11 is 0. The first-order chi connectivity index (χ1) is 14.3. The van der Waals surface area contributed by atoms with E-state index in [4.69, 9.17) is 5.73 Å². The second kappa shape index (κ2) is 9.42. The average Bonchev–Trinajstić information content (AvgIpc) is 3.18. The van der Waals surface area contributed by atoms with Crippen molar-refractivity contribution < 1.29 is 22.8 Å². The van der Waals surface area contributed by atoms with Crippen molar-refractivity contribution in [3.8, 4) is 5.69 Å². The van der Waals surface area contributed by atoms with E-state index in [2.05, 4.69) is 10.4 Å². The molecule has 1 aromatic heterocycles. The first-order valence-electron chi connectivity index (χ1n) is 10.0. The molecule has 1 aliphatic carbocycles. The summed E-state index contributed by atoms with van der Waals surface area (Å²) in [5.74, 6) is -0.731. The average molecular weight is 422 g/mol. The summed E-state index contributed by atoms with van der Waals surface area (Å²) in [6.07, 6.45) is 0.197. The molecular weight excluding hydrogens is 397 g/mol. The molecule has 162 valence electrons. The number of carbonyl (C=O) groups is 2. The zero-order chi connectivity index (χ0) is 21.7. The SMILES string of the molecule is NC1CCC(C(=O)CCCNC(=O)c2cn(-c3ccccc3)nc2C(F)(F)F)CC1. The third kappa shape index (κ3) is 5.47. The third-order valence-corrected chi connectivity index (χ3v) is 5.36. The van der Waals surface area contributed by atoms with Crippen LogP contribution in [0.2, 0.25) is 0 Å². The summed E-state index contributed by atoms with van der Waals surface area (Å²) in [4.78, 5) is 24.6. The van der Waals surface area contributed by atoms with Crippen molar-refractivity contribution >= 4 is 11.7 Å². The second-order valence-corrected chi connectivity index (χ2v) is 7.61. The van der Waals surface area contributed by atoms with Crippen LogP contribution in [-0.2, 0) is 11.0 Å². The van der Waals surface area contributed by atoms with Crippen LogP contribution in [0.4, 0.5) is 13.2 Å². The highest BCUT2D eigenvalue weighted by molar-refractivity contribution is 5.95. The molecule has 0 aliphatic heterocycles. The number of alkyl halides is 3. The van der Waals surface area contributed by atoms with Crippen molar-refractivity contribution in [1.29, 1.82) is 0 Å². The molecule has 0 atom stereocenters. The molecule has 0 spiro atoms. The fourth-order valence-electron chi connectivity index (χ4n) is 3.67. The highest BCUT2D eigenvalue weighted by Crippen LogP contribution is 2.31. The summed E-state index contributed by atoms with van der Waals surface area (Å²) in [5, 5.41) is 6.04. The molecule has 9 heteroatoms. The number of Topliss-reactive ketones (excluding diaryl/α,β-unsaturated/α-hetero) is 1. The Labute approximate surface area is 172 Å². The Morgan fingerprint density at radius 1 is 1.13 bits per heavy atom. The summed E-state index contributed by atoms with van der Waals surface area (Å²) in [6, 6.07) is 8.42. The van der Waals surface area contributed by atoms with Crippen LogP contribution in [0, 0.1) is 5.92 Å². The Morgan fingerprint density at radius 3 is 2.43 bits per heavy atom. The van der Waals surface area contributed by atoms with Crippen molar-refractivity contribution in [2.75, 3.05) is 6.54 Å². The van der Waals surface area contributed by atoms with Crippen molar-refractivity contribution in [3.63, 3.8) is 0 Å². The van der Waals surface area contributed by atoms with Gasteiger partial charge in [0.05, 0.1) is 11.3 Å². The lowest BCUT2D eigenvalue weighted by molar-refractivity contribution is -0.141. The number of para-hydroxylation sites is 1. The second-order valence-electron chi connectivity index (χ2n) is 7.61. The number of benzene rings is 1. The number of halogens is 3. The van der Waals surface area contributed by atoms with Crippen LogP contribution in [0.25, 0.3) is 5.69 Å². The van der Waals surface area contributed by atoms with Gasteiger partial charge in [0.15, 0.2) is 5.69 Å². The molecule has 0 saturated heterocycles. The zero-order valence-electron chi connectivity index (χ0n) is 16.5. The largest absolute Gasteiger partial charge is 0.435 e. The zero-order valence-corrected chi connectivity index (χ0v) is 16.5. The minimum Gasteiger partial charge on any atom is -0.352 e.